The molecule has 2 aliphatic rings. The topological polar surface area (TPSA) is 76.7 Å². The highest BCUT2D eigenvalue weighted by atomic mass is 16.7. The molecule has 2 fully saturated rings. The second kappa shape index (κ2) is 5.88. The molecule has 1 unspecified atom stereocenters. The molecule has 2 amide bonds. The van der Waals surface area contributed by atoms with Crippen LogP contribution in [0.1, 0.15) is 39.5 Å². The fourth-order valence-corrected chi connectivity index (χ4v) is 2.51. The van der Waals surface area contributed by atoms with E-state index in [-0.39, 0.29) is 12.1 Å². The van der Waals surface area contributed by atoms with Gasteiger partial charge in [0.15, 0.2) is 5.79 Å². The maximum Gasteiger partial charge on any atom is 0.309 e. The van der Waals surface area contributed by atoms with Gasteiger partial charge in [-0.3, -0.25) is 9.59 Å². The van der Waals surface area contributed by atoms with Crippen LogP contribution < -0.4 is 10.6 Å². The molecule has 6 heteroatoms. The van der Waals surface area contributed by atoms with Gasteiger partial charge in [0.05, 0.1) is 6.61 Å². The maximum atomic E-state index is 11.5. The van der Waals surface area contributed by atoms with Gasteiger partial charge < -0.3 is 20.1 Å². The van der Waals surface area contributed by atoms with Gasteiger partial charge in [0.25, 0.3) is 0 Å². The molecular formula is C13H22N2O4. The quantitative estimate of drug-likeness (QED) is 0.724. The van der Waals surface area contributed by atoms with Crippen molar-refractivity contribution in [2.45, 2.75) is 57.5 Å². The minimum atomic E-state index is -0.621. The molecular weight excluding hydrogens is 248 g/mol. The summed E-state index contributed by atoms with van der Waals surface area (Å²) < 4.78 is 11.5. The molecule has 6 nitrogen and oxygen atoms in total. The first-order chi connectivity index (χ1) is 9.01. The second-order valence-corrected chi connectivity index (χ2v) is 5.51. The molecule has 1 aliphatic heterocycles. The average Bonchev–Trinajstić information content (AvgIpc) is 2.96. The summed E-state index contributed by atoms with van der Waals surface area (Å²) in [5.74, 6) is -1.65. The van der Waals surface area contributed by atoms with Crippen molar-refractivity contribution in [2.24, 2.45) is 0 Å². The van der Waals surface area contributed by atoms with Crippen LogP contribution in [0, 0.1) is 0 Å². The van der Waals surface area contributed by atoms with Gasteiger partial charge in [-0.2, -0.15) is 0 Å². The van der Waals surface area contributed by atoms with Crippen molar-refractivity contribution in [3.05, 3.63) is 0 Å². The van der Waals surface area contributed by atoms with Gasteiger partial charge >= 0.3 is 11.8 Å². The SMILES string of the molecule is CC(C)NC(=O)C(=O)NCC1COC2(CCCC2)O1. The largest absolute Gasteiger partial charge is 0.347 e. The van der Waals surface area contributed by atoms with Crippen LogP contribution in [0.2, 0.25) is 0 Å². The van der Waals surface area contributed by atoms with Crippen LogP contribution in [0.25, 0.3) is 0 Å². The third-order valence-corrected chi connectivity index (χ3v) is 3.40. The van der Waals surface area contributed by atoms with E-state index in [1.165, 1.54) is 0 Å². The number of ether oxygens (including phenoxy) is 2. The van der Waals surface area contributed by atoms with E-state index in [2.05, 4.69) is 10.6 Å². The highest BCUT2D eigenvalue weighted by Gasteiger charge is 2.43. The number of nitrogens with one attached hydrogen (secondary N) is 2. The normalized spacial score (nSPS) is 24.9. The van der Waals surface area contributed by atoms with Gasteiger partial charge in [0.1, 0.15) is 6.10 Å². The van der Waals surface area contributed by atoms with E-state index in [1.54, 1.807) is 0 Å². The van der Waals surface area contributed by atoms with E-state index >= 15 is 0 Å². The Morgan fingerprint density at radius 3 is 2.58 bits per heavy atom. The van der Waals surface area contributed by atoms with Gasteiger partial charge in [-0.1, -0.05) is 0 Å². The molecule has 0 aromatic heterocycles. The van der Waals surface area contributed by atoms with Crippen LogP contribution in [-0.4, -0.2) is 42.9 Å². The Bertz CT molecular complexity index is 351. The van der Waals surface area contributed by atoms with Crippen LogP contribution in [-0.2, 0) is 19.1 Å². The predicted octanol–water partition coefficient (Wildman–Crippen LogP) is 0.313. The summed E-state index contributed by atoms with van der Waals surface area (Å²) in [7, 11) is 0. The van der Waals surface area contributed by atoms with E-state index < -0.39 is 17.6 Å². The molecule has 108 valence electrons. The van der Waals surface area contributed by atoms with Gasteiger partial charge in [0, 0.05) is 25.4 Å². The van der Waals surface area contributed by atoms with E-state index in [4.69, 9.17) is 9.47 Å². The lowest BCUT2D eigenvalue weighted by atomic mass is 10.2. The first-order valence-electron chi connectivity index (χ1n) is 6.91. The summed E-state index contributed by atoms with van der Waals surface area (Å²) in [6, 6.07) is -0.0499. The Morgan fingerprint density at radius 2 is 1.95 bits per heavy atom. The summed E-state index contributed by atoms with van der Waals surface area (Å²) in [6.45, 7) is 4.41. The fraction of sp³-hybridized carbons (Fsp3) is 0.846. The smallest absolute Gasteiger partial charge is 0.309 e. The van der Waals surface area contributed by atoms with Crippen molar-refractivity contribution >= 4 is 11.8 Å². The summed E-state index contributed by atoms with van der Waals surface area (Å²) in [5.41, 5.74) is 0. The molecule has 1 atom stereocenters. The summed E-state index contributed by atoms with van der Waals surface area (Å²) >= 11 is 0. The first kappa shape index (κ1) is 14.3. The summed E-state index contributed by atoms with van der Waals surface area (Å²) in [5, 5.41) is 5.12. The molecule has 1 saturated heterocycles. The van der Waals surface area contributed by atoms with Gasteiger partial charge in [-0.05, 0) is 26.7 Å². The van der Waals surface area contributed by atoms with Gasteiger partial charge in [-0.15, -0.1) is 0 Å². The maximum absolute atomic E-state index is 11.5. The van der Waals surface area contributed by atoms with E-state index in [1.807, 2.05) is 13.8 Å². The number of hydrogen-bond donors (Lipinski definition) is 2. The van der Waals surface area contributed by atoms with Crippen molar-refractivity contribution in [1.82, 2.24) is 10.6 Å². The number of rotatable bonds is 3. The van der Waals surface area contributed by atoms with Crippen LogP contribution >= 0.6 is 0 Å². The van der Waals surface area contributed by atoms with E-state index in [0.717, 1.165) is 25.7 Å². The van der Waals surface area contributed by atoms with Gasteiger partial charge in [0.2, 0.25) is 0 Å². The lowest BCUT2D eigenvalue weighted by Crippen LogP contribution is -2.45. The molecule has 1 aliphatic carbocycles. The highest BCUT2D eigenvalue weighted by molar-refractivity contribution is 6.35. The fourth-order valence-electron chi connectivity index (χ4n) is 2.51. The van der Waals surface area contributed by atoms with Crippen LogP contribution in [0.4, 0.5) is 0 Å². The van der Waals surface area contributed by atoms with E-state index in [0.29, 0.717) is 13.2 Å². The third kappa shape index (κ3) is 3.67. The van der Waals surface area contributed by atoms with Crippen molar-refractivity contribution < 1.29 is 19.1 Å². The zero-order valence-corrected chi connectivity index (χ0v) is 11.5. The monoisotopic (exact) mass is 270 g/mol. The zero-order valence-electron chi connectivity index (χ0n) is 11.5. The van der Waals surface area contributed by atoms with Crippen molar-refractivity contribution in [1.29, 1.82) is 0 Å². The molecule has 1 heterocycles. The Hall–Kier alpha value is -1.14. The Kier molecular flexibility index (Phi) is 4.42. The molecule has 19 heavy (non-hydrogen) atoms. The Balaban J connectivity index is 1.71. The number of carbonyl (C=O) groups is 2. The molecule has 2 rings (SSSR count). The zero-order chi connectivity index (χ0) is 13.9. The van der Waals surface area contributed by atoms with E-state index in [9.17, 15) is 9.59 Å². The number of amides is 2. The average molecular weight is 270 g/mol. The summed E-state index contributed by atoms with van der Waals surface area (Å²) in [4.78, 5) is 22.9. The second-order valence-electron chi connectivity index (χ2n) is 5.51. The Labute approximate surface area is 113 Å². The lowest BCUT2D eigenvalue weighted by molar-refractivity contribution is -0.161. The minimum absolute atomic E-state index is 0.0499. The summed E-state index contributed by atoms with van der Waals surface area (Å²) in [6.07, 6.45) is 3.93. The number of carbonyl (C=O) groups excluding carboxylic acids is 2. The third-order valence-electron chi connectivity index (χ3n) is 3.40. The standard InChI is InChI=1S/C13H22N2O4/c1-9(2)15-12(17)11(16)14-7-10-8-18-13(19-10)5-3-4-6-13/h9-10H,3-8H2,1-2H3,(H,14,16)(H,15,17). The molecule has 1 saturated carbocycles. The minimum Gasteiger partial charge on any atom is -0.347 e. The molecule has 0 aromatic rings. The van der Waals surface area contributed by atoms with Crippen molar-refractivity contribution in [3.8, 4) is 0 Å². The Morgan fingerprint density at radius 1 is 1.26 bits per heavy atom. The van der Waals surface area contributed by atoms with Crippen LogP contribution in [0.3, 0.4) is 0 Å². The first-order valence-corrected chi connectivity index (χ1v) is 6.91. The van der Waals surface area contributed by atoms with Gasteiger partial charge in [-0.25, -0.2) is 0 Å². The highest BCUT2D eigenvalue weighted by Crippen LogP contribution is 2.38. The molecule has 1 spiro atoms. The molecule has 0 bridgehead atoms. The molecule has 0 aromatic carbocycles. The lowest BCUT2D eigenvalue weighted by Gasteiger charge is -2.21. The molecule has 0 radical (unpaired) electrons. The molecule has 2 N–H and O–H groups in total. The number of hydrogen-bond acceptors (Lipinski definition) is 4. The van der Waals surface area contributed by atoms with Crippen molar-refractivity contribution in [3.63, 3.8) is 0 Å². The van der Waals surface area contributed by atoms with Crippen LogP contribution in [0.5, 0.6) is 0 Å². The van der Waals surface area contributed by atoms with Crippen LogP contribution in [0.15, 0.2) is 0 Å². The van der Waals surface area contributed by atoms with Crippen molar-refractivity contribution in [2.75, 3.05) is 13.2 Å². The predicted molar refractivity (Wildman–Crippen MR) is 68.3 cm³/mol.